The Labute approximate surface area is 163 Å². The van der Waals surface area contributed by atoms with Gasteiger partial charge in [0.15, 0.2) is 0 Å². The van der Waals surface area contributed by atoms with Crippen LogP contribution >= 0.6 is 0 Å². The third kappa shape index (κ3) is 7.25. The van der Waals surface area contributed by atoms with Gasteiger partial charge in [0.05, 0.1) is 64.7 Å². The van der Waals surface area contributed by atoms with Crippen molar-refractivity contribution in [3.05, 3.63) is 0 Å². The predicted octanol–water partition coefficient (Wildman–Crippen LogP) is 2.00. The van der Waals surface area contributed by atoms with E-state index in [4.69, 9.17) is 18.9 Å². The summed E-state index contributed by atoms with van der Waals surface area (Å²) in [6.45, 7) is 3.47. The Hall–Kier alpha value is -0.250. The Bertz CT molecular complexity index is 513. The lowest BCUT2D eigenvalue weighted by atomic mass is 9.54. The highest BCUT2D eigenvalue weighted by atomic mass is 32.2. The van der Waals surface area contributed by atoms with Crippen molar-refractivity contribution in [2.24, 2.45) is 17.8 Å². The second-order valence-electron chi connectivity index (χ2n) is 8.31. The van der Waals surface area contributed by atoms with Crippen LogP contribution in [0.2, 0.25) is 0 Å². The SMILES string of the molecule is CS(=O)(=O)OCCOCCOCCOCCOC12CC3CC(CC(C3)C1)C2. The molecular weight excluding hydrogens is 372 g/mol. The molecule has 0 saturated heterocycles. The maximum atomic E-state index is 10.7. The van der Waals surface area contributed by atoms with Gasteiger partial charge in [0.25, 0.3) is 10.1 Å². The molecule has 0 radical (unpaired) electrons. The van der Waals surface area contributed by atoms with Gasteiger partial charge < -0.3 is 18.9 Å². The second-order valence-corrected chi connectivity index (χ2v) is 9.96. The first-order chi connectivity index (χ1) is 12.9. The van der Waals surface area contributed by atoms with E-state index in [0.717, 1.165) is 24.0 Å². The number of hydrogen-bond acceptors (Lipinski definition) is 7. The molecule has 0 unspecified atom stereocenters. The van der Waals surface area contributed by atoms with Gasteiger partial charge in [-0.3, -0.25) is 4.18 Å². The fraction of sp³-hybridized carbons (Fsp3) is 1.00. The van der Waals surface area contributed by atoms with Crippen LogP contribution in [0.25, 0.3) is 0 Å². The minimum Gasteiger partial charge on any atom is -0.377 e. The molecule has 4 saturated carbocycles. The Morgan fingerprint density at radius 3 is 1.56 bits per heavy atom. The largest absolute Gasteiger partial charge is 0.377 e. The molecule has 0 aromatic rings. The van der Waals surface area contributed by atoms with Crippen LogP contribution in [0.4, 0.5) is 0 Å². The third-order valence-corrected chi connectivity index (χ3v) is 6.48. The van der Waals surface area contributed by atoms with Gasteiger partial charge in [-0.15, -0.1) is 0 Å². The summed E-state index contributed by atoms with van der Waals surface area (Å²) in [6, 6.07) is 0. The quantitative estimate of drug-likeness (QED) is 0.322. The van der Waals surface area contributed by atoms with Crippen molar-refractivity contribution in [3.8, 4) is 0 Å². The molecule has 4 fully saturated rings. The molecule has 27 heavy (non-hydrogen) atoms. The molecule has 8 heteroatoms. The third-order valence-electron chi connectivity index (χ3n) is 5.89. The zero-order valence-electron chi connectivity index (χ0n) is 16.4. The van der Waals surface area contributed by atoms with Gasteiger partial charge in [0, 0.05) is 0 Å². The summed E-state index contributed by atoms with van der Waals surface area (Å²) >= 11 is 0. The molecular formula is C19H34O7S. The van der Waals surface area contributed by atoms with Crippen LogP contribution in [0.5, 0.6) is 0 Å². The zero-order valence-corrected chi connectivity index (χ0v) is 17.2. The van der Waals surface area contributed by atoms with Gasteiger partial charge in [-0.2, -0.15) is 8.42 Å². The molecule has 0 atom stereocenters. The minimum absolute atomic E-state index is 0.0334. The summed E-state index contributed by atoms with van der Waals surface area (Å²) in [4.78, 5) is 0. The first-order valence-electron chi connectivity index (χ1n) is 10.2. The first kappa shape index (κ1) is 21.5. The van der Waals surface area contributed by atoms with Gasteiger partial charge in [-0.25, -0.2) is 0 Å². The molecule has 4 rings (SSSR count). The molecule has 0 N–H and O–H groups in total. The monoisotopic (exact) mass is 406 g/mol. The Kier molecular flexibility index (Phi) is 7.93. The maximum Gasteiger partial charge on any atom is 0.264 e. The van der Waals surface area contributed by atoms with Crippen LogP contribution in [0.15, 0.2) is 0 Å². The lowest BCUT2D eigenvalue weighted by molar-refractivity contribution is -0.169. The Morgan fingerprint density at radius 1 is 0.704 bits per heavy atom. The normalized spacial score (nSPS) is 32.3. The van der Waals surface area contributed by atoms with Crippen molar-refractivity contribution in [2.75, 3.05) is 59.1 Å². The van der Waals surface area contributed by atoms with Crippen molar-refractivity contribution >= 4 is 10.1 Å². The summed E-state index contributed by atoms with van der Waals surface area (Å²) in [5.41, 5.74) is 0.159. The van der Waals surface area contributed by atoms with E-state index in [-0.39, 0.29) is 18.8 Å². The Morgan fingerprint density at radius 2 is 1.11 bits per heavy atom. The van der Waals surface area contributed by atoms with Crippen LogP contribution in [0.3, 0.4) is 0 Å². The van der Waals surface area contributed by atoms with Gasteiger partial charge >= 0.3 is 0 Å². The average Bonchev–Trinajstić information content (AvgIpc) is 2.57. The van der Waals surface area contributed by atoms with E-state index in [0.29, 0.717) is 39.6 Å². The molecule has 4 aliphatic rings. The summed E-state index contributed by atoms with van der Waals surface area (Å²) < 4.78 is 48.6. The van der Waals surface area contributed by atoms with Crippen LogP contribution in [-0.2, 0) is 33.2 Å². The molecule has 0 amide bonds. The van der Waals surface area contributed by atoms with E-state index in [1.54, 1.807) is 0 Å². The van der Waals surface area contributed by atoms with Crippen molar-refractivity contribution < 1.29 is 31.5 Å². The van der Waals surface area contributed by atoms with E-state index in [1.807, 2.05) is 0 Å². The second kappa shape index (κ2) is 9.98. The van der Waals surface area contributed by atoms with Gasteiger partial charge in [0.1, 0.15) is 0 Å². The van der Waals surface area contributed by atoms with Crippen LogP contribution in [0.1, 0.15) is 38.5 Å². The lowest BCUT2D eigenvalue weighted by Gasteiger charge is -2.56. The molecule has 0 heterocycles. The Balaban J connectivity index is 1.11. The van der Waals surface area contributed by atoms with Gasteiger partial charge in [-0.1, -0.05) is 0 Å². The summed E-state index contributed by atoms with van der Waals surface area (Å²) in [5, 5.41) is 0. The first-order valence-corrected chi connectivity index (χ1v) is 12.0. The standard InChI is InChI=1S/C19H34O7S/c1-27(20,21)26-9-7-24-5-3-22-2-4-23-6-8-25-19-13-16-10-17(14-19)12-18(11-16)15-19/h16-18H,2-15H2,1H3. The van der Waals surface area contributed by atoms with Crippen molar-refractivity contribution in [1.82, 2.24) is 0 Å². The maximum absolute atomic E-state index is 10.7. The fourth-order valence-corrected chi connectivity index (χ4v) is 5.68. The van der Waals surface area contributed by atoms with Gasteiger partial charge in [-0.05, 0) is 56.3 Å². The molecule has 0 spiro atoms. The highest BCUT2D eigenvalue weighted by Gasteiger charge is 2.51. The average molecular weight is 407 g/mol. The van der Waals surface area contributed by atoms with E-state index in [9.17, 15) is 8.42 Å². The van der Waals surface area contributed by atoms with Crippen LogP contribution in [-0.4, -0.2) is 73.1 Å². The predicted molar refractivity (Wildman–Crippen MR) is 100 cm³/mol. The molecule has 4 aliphatic carbocycles. The van der Waals surface area contributed by atoms with E-state index >= 15 is 0 Å². The van der Waals surface area contributed by atoms with E-state index < -0.39 is 10.1 Å². The summed E-state index contributed by atoms with van der Waals surface area (Å²) in [7, 11) is -3.39. The van der Waals surface area contributed by atoms with Crippen LogP contribution < -0.4 is 0 Å². The smallest absolute Gasteiger partial charge is 0.264 e. The van der Waals surface area contributed by atoms with Crippen molar-refractivity contribution in [2.45, 2.75) is 44.1 Å². The molecule has 158 valence electrons. The number of rotatable bonds is 14. The van der Waals surface area contributed by atoms with Gasteiger partial charge in [0.2, 0.25) is 0 Å². The molecule has 0 aliphatic heterocycles. The molecule has 4 bridgehead atoms. The molecule has 7 nitrogen and oxygen atoms in total. The molecule has 0 aromatic heterocycles. The lowest BCUT2D eigenvalue weighted by Crippen LogP contribution is -2.52. The topological polar surface area (TPSA) is 80.3 Å². The van der Waals surface area contributed by atoms with E-state index in [2.05, 4.69) is 4.18 Å². The zero-order chi connectivity index (χ0) is 19.2. The van der Waals surface area contributed by atoms with E-state index in [1.165, 1.54) is 38.5 Å². The highest BCUT2D eigenvalue weighted by molar-refractivity contribution is 7.85. The fourth-order valence-electron chi connectivity index (χ4n) is 5.31. The summed E-state index contributed by atoms with van der Waals surface area (Å²) in [5.74, 6) is 2.72. The number of hydrogen-bond donors (Lipinski definition) is 0. The minimum atomic E-state index is -3.39. The van der Waals surface area contributed by atoms with Crippen LogP contribution in [0, 0.1) is 17.8 Å². The number of ether oxygens (including phenoxy) is 4. The van der Waals surface area contributed by atoms with Crippen molar-refractivity contribution in [3.63, 3.8) is 0 Å². The summed E-state index contributed by atoms with van der Waals surface area (Å²) in [6.07, 6.45) is 9.11. The highest BCUT2D eigenvalue weighted by Crippen LogP contribution is 2.57. The molecule has 0 aromatic carbocycles. The van der Waals surface area contributed by atoms with Crippen molar-refractivity contribution in [1.29, 1.82) is 0 Å².